The second-order valence-corrected chi connectivity index (χ2v) is 6.17. The van der Waals surface area contributed by atoms with Crippen LogP contribution in [0, 0.1) is 11.8 Å². The zero-order valence-corrected chi connectivity index (χ0v) is 12.4. The van der Waals surface area contributed by atoms with Crippen molar-refractivity contribution in [1.82, 2.24) is 9.80 Å². The van der Waals surface area contributed by atoms with E-state index in [1.807, 2.05) is 9.80 Å². The van der Waals surface area contributed by atoms with Gasteiger partial charge in [-0.2, -0.15) is 0 Å². The van der Waals surface area contributed by atoms with Gasteiger partial charge in [-0.25, -0.2) is 4.79 Å². The molecule has 2 aliphatic heterocycles. The number of rotatable bonds is 3. The first-order valence-corrected chi connectivity index (χ1v) is 7.85. The molecule has 5 heteroatoms. The Hall–Kier alpha value is -1.26. The minimum Gasteiger partial charge on any atom is -0.481 e. The van der Waals surface area contributed by atoms with E-state index in [9.17, 15) is 9.59 Å². The lowest BCUT2D eigenvalue weighted by Gasteiger charge is -2.38. The topological polar surface area (TPSA) is 60.9 Å². The SMILES string of the molecule is CCC1CCCN(C(=O)N2CCC(CC(=O)O)CC2)C1. The van der Waals surface area contributed by atoms with E-state index < -0.39 is 5.97 Å². The number of urea groups is 1. The number of piperidine rings is 2. The molecule has 0 spiro atoms. The molecule has 1 atom stereocenters. The van der Waals surface area contributed by atoms with Crippen LogP contribution in [0.5, 0.6) is 0 Å². The van der Waals surface area contributed by atoms with Crippen molar-refractivity contribution < 1.29 is 14.7 Å². The molecule has 0 aromatic rings. The van der Waals surface area contributed by atoms with E-state index >= 15 is 0 Å². The van der Waals surface area contributed by atoms with E-state index in [2.05, 4.69) is 6.92 Å². The van der Waals surface area contributed by atoms with Crippen molar-refractivity contribution in [2.75, 3.05) is 26.2 Å². The lowest BCUT2D eigenvalue weighted by molar-refractivity contribution is -0.138. The van der Waals surface area contributed by atoms with Gasteiger partial charge in [-0.05, 0) is 37.5 Å². The quantitative estimate of drug-likeness (QED) is 0.864. The Balaban J connectivity index is 1.80. The average molecular weight is 282 g/mol. The zero-order valence-electron chi connectivity index (χ0n) is 12.4. The third-order valence-corrected chi connectivity index (χ3v) is 4.72. The lowest BCUT2D eigenvalue weighted by Crippen LogP contribution is -2.50. The van der Waals surface area contributed by atoms with Crippen molar-refractivity contribution in [3.05, 3.63) is 0 Å². The maximum atomic E-state index is 12.5. The van der Waals surface area contributed by atoms with Crippen LogP contribution in [0.1, 0.15) is 45.4 Å². The first kappa shape index (κ1) is 15.1. The largest absolute Gasteiger partial charge is 0.481 e. The molecule has 1 unspecified atom stereocenters. The highest BCUT2D eigenvalue weighted by Crippen LogP contribution is 2.24. The van der Waals surface area contributed by atoms with Gasteiger partial charge in [-0.3, -0.25) is 4.79 Å². The number of hydrogen-bond acceptors (Lipinski definition) is 2. The van der Waals surface area contributed by atoms with E-state index in [4.69, 9.17) is 5.11 Å². The van der Waals surface area contributed by atoms with Crippen LogP contribution in [0.2, 0.25) is 0 Å². The molecular formula is C15H26N2O3. The standard InChI is InChI=1S/C15H26N2O3/c1-2-12-4-3-7-17(11-12)15(20)16-8-5-13(6-9-16)10-14(18)19/h12-13H,2-11H2,1H3,(H,18,19). The molecule has 0 aromatic carbocycles. The molecule has 2 fully saturated rings. The summed E-state index contributed by atoms with van der Waals surface area (Å²) in [5.74, 6) is 0.162. The molecule has 2 aliphatic rings. The summed E-state index contributed by atoms with van der Waals surface area (Å²) in [7, 11) is 0. The van der Waals surface area contributed by atoms with E-state index in [-0.39, 0.29) is 18.4 Å². The van der Waals surface area contributed by atoms with Gasteiger partial charge in [0.1, 0.15) is 0 Å². The molecule has 2 saturated heterocycles. The molecule has 0 saturated carbocycles. The van der Waals surface area contributed by atoms with Gasteiger partial charge < -0.3 is 14.9 Å². The molecule has 1 N–H and O–H groups in total. The first-order chi connectivity index (χ1) is 9.60. The van der Waals surface area contributed by atoms with Crippen LogP contribution in [-0.2, 0) is 4.79 Å². The van der Waals surface area contributed by atoms with Gasteiger partial charge in [0.2, 0.25) is 0 Å². The van der Waals surface area contributed by atoms with E-state index in [1.165, 1.54) is 6.42 Å². The number of carboxylic acids is 1. The summed E-state index contributed by atoms with van der Waals surface area (Å²) in [5.41, 5.74) is 0. The Labute approximate surface area is 120 Å². The van der Waals surface area contributed by atoms with Crippen LogP contribution in [0.25, 0.3) is 0 Å². The van der Waals surface area contributed by atoms with E-state index in [0.717, 1.165) is 38.8 Å². The second-order valence-electron chi connectivity index (χ2n) is 6.17. The summed E-state index contributed by atoms with van der Waals surface area (Å²) >= 11 is 0. The highest BCUT2D eigenvalue weighted by atomic mass is 16.4. The van der Waals surface area contributed by atoms with E-state index in [1.54, 1.807) is 0 Å². The monoisotopic (exact) mass is 282 g/mol. The van der Waals surface area contributed by atoms with Crippen LogP contribution in [0.4, 0.5) is 4.79 Å². The third-order valence-electron chi connectivity index (χ3n) is 4.72. The number of hydrogen-bond donors (Lipinski definition) is 1. The predicted octanol–water partition coefficient (Wildman–Crippen LogP) is 2.42. The number of likely N-dealkylation sites (tertiary alicyclic amines) is 2. The van der Waals surface area contributed by atoms with E-state index in [0.29, 0.717) is 19.0 Å². The second kappa shape index (κ2) is 6.95. The van der Waals surface area contributed by atoms with Gasteiger partial charge in [-0.1, -0.05) is 13.3 Å². The van der Waals surface area contributed by atoms with Crippen LogP contribution >= 0.6 is 0 Å². The first-order valence-electron chi connectivity index (χ1n) is 7.85. The number of carbonyl (C=O) groups is 2. The fraction of sp³-hybridized carbons (Fsp3) is 0.867. The Morgan fingerprint density at radius 2 is 1.75 bits per heavy atom. The van der Waals surface area contributed by atoms with Gasteiger partial charge in [0.25, 0.3) is 0 Å². The molecule has 0 radical (unpaired) electrons. The van der Waals surface area contributed by atoms with Crippen molar-refractivity contribution in [3.63, 3.8) is 0 Å². The molecule has 2 amide bonds. The van der Waals surface area contributed by atoms with Crippen LogP contribution in [0.15, 0.2) is 0 Å². The normalized spacial score (nSPS) is 24.8. The average Bonchev–Trinajstić information content (AvgIpc) is 2.47. The molecule has 0 aliphatic carbocycles. The summed E-state index contributed by atoms with van der Waals surface area (Å²) in [6.45, 7) is 5.39. The number of aliphatic carboxylic acids is 1. The zero-order chi connectivity index (χ0) is 14.5. The molecule has 0 aromatic heterocycles. The molecule has 5 nitrogen and oxygen atoms in total. The molecule has 2 rings (SSSR count). The predicted molar refractivity (Wildman–Crippen MR) is 76.5 cm³/mol. The minimum absolute atomic E-state index is 0.164. The van der Waals surface area contributed by atoms with Crippen molar-refractivity contribution >= 4 is 12.0 Å². The maximum Gasteiger partial charge on any atom is 0.320 e. The molecule has 2 heterocycles. The lowest BCUT2D eigenvalue weighted by atomic mass is 9.93. The van der Waals surface area contributed by atoms with Crippen LogP contribution in [0.3, 0.4) is 0 Å². The Kier molecular flexibility index (Phi) is 5.26. The summed E-state index contributed by atoms with van der Waals surface area (Å²) in [6, 6.07) is 0.164. The van der Waals surface area contributed by atoms with Gasteiger partial charge >= 0.3 is 12.0 Å². The maximum absolute atomic E-state index is 12.5. The van der Waals surface area contributed by atoms with Gasteiger partial charge in [0.15, 0.2) is 0 Å². The number of carboxylic acid groups (broad SMARTS) is 1. The molecule has 0 bridgehead atoms. The van der Waals surface area contributed by atoms with Crippen molar-refractivity contribution in [1.29, 1.82) is 0 Å². The fourth-order valence-corrected chi connectivity index (χ4v) is 3.35. The summed E-state index contributed by atoms with van der Waals surface area (Å²) in [5, 5.41) is 8.81. The minimum atomic E-state index is -0.725. The van der Waals surface area contributed by atoms with Crippen LogP contribution in [-0.4, -0.2) is 53.1 Å². The van der Waals surface area contributed by atoms with Crippen molar-refractivity contribution in [2.45, 2.75) is 45.4 Å². The van der Waals surface area contributed by atoms with Crippen molar-refractivity contribution in [3.8, 4) is 0 Å². The summed E-state index contributed by atoms with van der Waals surface area (Å²) < 4.78 is 0. The number of nitrogens with zero attached hydrogens (tertiary/aromatic N) is 2. The summed E-state index contributed by atoms with van der Waals surface area (Å²) in [6.07, 6.45) is 5.38. The Morgan fingerprint density at radius 3 is 2.35 bits per heavy atom. The van der Waals surface area contributed by atoms with Crippen molar-refractivity contribution in [2.24, 2.45) is 11.8 Å². The third kappa shape index (κ3) is 3.87. The molecule has 20 heavy (non-hydrogen) atoms. The van der Waals surface area contributed by atoms with Gasteiger partial charge in [0.05, 0.1) is 0 Å². The fourth-order valence-electron chi connectivity index (χ4n) is 3.35. The number of amides is 2. The Morgan fingerprint density at radius 1 is 1.05 bits per heavy atom. The van der Waals surface area contributed by atoms with Gasteiger partial charge in [-0.15, -0.1) is 0 Å². The summed E-state index contributed by atoms with van der Waals surface area (Å²) in [4.78, 5) is 27.1. The van der Waals surface area contributed by atoms with Gasteiger partial charge in [0, 0.05) is 32.6 Å². The highest BCUT2D eigenvalue weighted by molar-refractivity contribution is 5.74. The molecule has 114 valence electrons. The Bertz CT molecular complexity index is 351. The number of carbonyl (C=O) groups excluding carboxylic acids is 1. The highest BCUT2D eigenvalue weighted by Gasteiger charge is 2.29. The van der Waals surface area contributed by atoms with Crippen LogP contribution < -0.4 is 0 Å². The smallest absolute Gasteiger partial charge is 0.320 e. The molecular weight excluding hydrogens is 256 g/mol.